The highest BCUT2D eigenvalue weighted by Gasteiger charge is 2.16. The number of rotatable bonds is 6. The van der Waals surface area contributed by atoms with Crippen molar-refractivity contribution in [2.75, 3.05) is 0 Å². The van der Waals surface area contributed by atoms with E-state index < -0.39 is 0 Å². The predicted octanol–water partition coefficient (Wildman–Crippen LogP) is 6.32. The first-order valence-electron chi connectivity index (χ1n) is 10.7. The van der Waals surface area contributed by atoms with E-state index >= 15 is 0 Å². The van der Waals surface area contributed by atoms with Crippen LogP contribution < -0.4 is 4.74 Å². The monoisotopic (exact) mass is 420 g/mol. The van der Waals surface area contributed by atoms with Crippen LogP contribution in [0.1, 0.15) is 25.6 Å². The molecule has 0 unspecified atom stereocenters. The Labute approximate surface area is 187 Å². The van der Waals surface area contributed by atoms with Crippen molar-refractivity contribution in [3.8, 4) is 28.1 Å². The van der Waals surface area contributed by atoms with Gasteiger partial charge >= 0.3 is 0 Å². The molecule has 0 N–H and O–H groups in total. The normalized spacial score (nSPS) is 11.2. The van der Waals surface area contributed by atoms with Gasteiger partial charge in [-0.25, -0.2) is 4.98 Å². The second-order valence-corrected chi connectivity index (χ2v) is 7.99. The Kier molecular flexibility index (Phi) is 5.38. The fraction of sp³-hybridized carbons (Fsp3) is 0.148. The van der Waals surface area contributed by atoms with Crippen molar-refractivity contribution in [3.63, 3.8) is 0 Å². The lowest BCUT2D eigenvalue weighted by molar-refractivity contribution is 0.302. The topological polar surface area (TPSA) is 52.8 Å². The molecule has 0 spiro atoms. The van der Waals surface area contributed by atoms with Gasteiger partial charge in [0.25, 0.3) is 0 Å². The Morgan fingerprint density at radius 3 is 2.41 bits per heavy atom. The number of para-hydroxylation sites is 1. The molecule has 32 heavy (non-hydrogen) atoms. The lowest BCUT2D eigenvalue weighted by atomic mass is 10.0. The van der Waals surface area contributed by atoms with Gasteiger partial charge in [0.2, 0.25) is 0 Å². The maximum Gasteiger partial charge on any atom is 0.130 e. The van der Waals surface area contributed by atoms with E-state index in [4.69, 9.17) is 4.74 Å². The number of fused-ring (bicyclic) bond motifs is 1. The van der Waals surface area contributed by atoms with E-state index in [0.717, 1.165) is 44.7 Å². The van der Waals surface area contributed by atoms with Gasteiger partial charge in [-0.3, -0.25) is 9.67 Å². The molecule has 0 aliphatic carbocycles. The third-order valence-electron chi connectivity index (χ3n) is 5.45. The number of hydrogen-bond donors (Lipinski definition) is 0. The third-order valence-corrected chi connectivity index (χ3v) is 5.45. The summed E-state index contributed by atoms with van der Waals surface area (Å²) in [7, 11) is 0. The second kappa shape index (κ2) is 8.63. The highest BCUT2D eigenvalue weighted by molar-refractivity contribution is 5.81. The molecular formula is C27H24N4O. The van der Waals surface area contributed by atoms with Crippen LogP contribution in [0.25, 0.3) is 33.3 Å². The van der Waals surface area contributed by atoms with E-state index in [0.29, 0.717) is 6.61 Å². The van der Waals surface area contributed by atoms with E-state index in [9.17, 15) is 0 Å². The average Bonchev–Trinajstić information content (AvgIpc) is 3.29. The van der Waals surface area contributed by atoms with Crippen LogP contribution in [0.15, 0.2) is 91.4 Å². The lowest BCUT2D eigenvalue weighted by Gasteiger charge is -2.14. The van der Waals surface area contributed by atoms with E-state index in [1.807, 2.05) is 67.1 Å². The summed E-state index contributed by atoms with van der Waals surface area (Å²) in [5.41, 5.74) is 6.27. The van der Waals surface area contributed by atoms with Gasteiger partial charge in [0, 0.05) is 34.9 Å². The molecule has 3 aromatic heterocycles. The Morgan fingerprint density at radius 1 is 0.844 bits per heavy atom. The molecule has 3 heterocycles. The molecule has 0 amide bonds. The van der Waals surface area contributed by atoms with Crippen LogP contribution in [0.2, 0.25) is 0 Å². The van der Waals surface area contributed by atoms with Crippen molar-refractivity contribution in [2.45, 2.75) is 26.5 Å². The first kappa shape index (κ1) is 19.9. The minimum atomic E-state index is 0.246. The molecular weight excluding hydrogens is 396 g/mol. The van der Waals surface area contributed by atoms with Gasteiger partial charge in [-0.05, 0) is 67.9 Å². The number of benzene rings is 2. The van der Waals surface area contributed by atoms with E-state index in [1.54, 1.807) is 0 Å². The number of aromatic nitrogens is 4. The minimum Gasteiger partial charge on any atom is -0.487 e. The second-order valence-electron chi connectivity index (χ2n) is 7.99. The predicted molar refractivity (Wildman–Crippen MR) is 127 cm³/mol. The van der Waals surface area contributed by atoms with Gasteiger partial charge in [0.1, 0.15) is 12.4 Å². The third kappa shape index (κ3) is 3.97. The largest absolute Gasteiger partial charge is 0.487 e. The average molecular weight is 421 g/mol. The highest BCUT2D eigenvalue weighted by Crippen LogP contribution is 2.34. The summed E-state index contributed by atoms with van der Waals surface area (Å²) < 4.78 is 8.07. The van der Waals surface area contributed by atoms with Crippen molar-refractivity contribution in [1.82, 2.24) is 19.7 Å². The smallest absolute Gasteiger partial charge is 0.130 e. The first-order valence-corrected chi connectivity index (χ1v) is 10.7. The van der Waals surface area contributed by atoms with E-state index in [1.165, 1.54) is 0 Å². The van der Waals surface area contributed by atoms with Gasteiger partial charge < -0.3 is 4.74 Å². The van der Waals surface area contributed by atoms with Gasteiger partial charge in [0.05, 0.1) is 23.1 Å². The standard InChI is InChI=1S/C27H24N4O/c1-19(2)31-27(25(17-29-31)20-13-15-28-16-14-20)22-8-11-24(12-9-22)32-18-23-10-7-21-5-3-4-6-26(21)30-23/h3-17,19H,18H2,1-2H3. The Morgan fingerprint density at radius 2 is 1.62 bits per heavy atom. The highest BCUT2D eigenvalue weighted by atomic mass is 16.5. The van der Waals surface area contributed by atoms with Crippen molar-refractivity contribution in [2.24, 2.45) is 0 Å². The first-order chi connectivity index (χ1) is 15.7. The van der Waals surface area contributed by atoms with Gasteiger partial charge in [-0.1, -0.05) is 24.3 Å². The molecule has 2 aromatic carbocycles. The number of hydrogen-bond acceptors (Lipinski definition) is 4. The molecule has 0 saturated heterocycles. The van der Waals surface area contributed by atoms with Gasteiger partial charge in [0.15, 0.2) is 0 Å². The van der Waals surface area contributed by atoms with Crippen molar-refractivity contribution >= 4 is 10.9 Å². The molecule has 0 radical (unpaired) electrons. The van der Waals surface area contributed by atoms with Crippen LogP contribution in [-0.4, -0.2) is 19.7 Å². The number of ether oxygens (including phenoxy) is 1. The molecule has 5 heteroatoms. The molecule has 0 aliphatic rings. The molecule has 0 bridgehead atoms. The molecule has 0 atom stereocenters. The van der Waals surface area contributed by atoms with Crippen LogP contribution in [-0.2, 0) is 6.61 Å². The quantitative estimate of drug-likeness (QED) is 0.322. The van der Waals surface area contributed by atoms with Crippen LogP contribution in [0.3, 0.4) is 0 Å². The minimum absolute atomic E-state index is 0.246. The zero-order valence-electron chi connectivity index (χ0n) is 18.1. The number of nitrogens with zero attached hydrogens (tertiary/aromatic N) is 4. The van der Waals surface area contributed by atoms with Crippen molar-refractivity contribution < 1.29 is 4.74 Å². The van der Waals surface area contributed by atoms with Crippen molar-refractivity contribution in [1.29, 1.82) is 0 Å². The fourth-order valence-corrected chi connectivity index (χ4v) is 3.84. The summed E-state index contributed by atoms with van der Waals surface area (Å²) in [4.78, 5) is 8.82. The van der Waals surface area contributed by atoms with Gasteiger partial charge in [-0.15, -0.1) is 0 Å². The molecule has 5 aromatic rings. The SMILES string of the molecule is CC(C)n1ncc(-c2ccncc2)c1-c1ccc(OCc2ccc3ccccc3n2)cc1. The van der Waals surface area contributed by atoms with Gasteiger partial charge in [-0.2, -0.15) is 5.10 Å². The molecule has 0 aliphatic heterocycles. The molecule has 5 nitrogen and oxygen atoms in total. The number of pyridine rings is 2. The maximum atomic E-state index is 6.01. The Hall–Kier alpha value is -3.99. The van der Waals surface area contributed by atoms with Crippen LogP contribution in [0.5, 0.6) is 5.75 Å². The maximum absolute atomic E-state index is 6.01. The fourth-order valence-electron chi connectivity index (χ4n) is 3.84. The summed E-state index contributed by atoms with van der Waals surface area (Å²) in [5, 5.41) is 5.78. The zero-order chi connectivity index (χ0) is 21.9. The zero-order valence-corrected chi connectivity index (χ0v) is 18.1. The molecule has 0 saturated carbocycles. The Balaban J connectivity index is 1.39. The van der Waals surface area contributed by atoms with E-state index in [2.05, 4.69) is 57.9 Å². The summed E-state index contributed by atoms with van der Waals surface area (Å²) in [5.74, 6) is 0.810. The summed E-state index contributed by atoms with van der Waals surface area (Å²) in [6.45, 7) is 4.71. The molecule has 5 rings (SSSR count). The summed E-state index contributed by atoms with van der Waals surface area (Å²) >= 11 is 0. The van der Waals surface area contributed by atoms with E-state index in [-0.39, 0.29) is 6.04 Å². The lowest BCUT2D eigenvalue weighted by Crippen LogP contribution is -2.05. The molecule has 158 valence electrons. The van der Waals surface area contributed by atoms with Crippen LogP contribution in [0, 0.1) is 0 Å². The molecule has 0 fully saturated rings. The Bertz CT molecular complexity index is 1340. The summed E-state index contributed by atoms with van der Waals surface area (Å²) in [6, 6.07) is 24.7. The summed E-state index contributed by atoms with van der Waals surface area (Å²) in [6.07, 6.45) is 5.55. The van der Waals surface area contributed by atoms with Crippen LogP contribution >= 0.6 is 0 Å². The van der Waals surface area contributed by atoms with Crippen LogP contribution in [0.4, 0.5) is 0 Å². The van der Waals surface area contributed by atoms with Crippen molar-refractivity contribution in [3.05, 3.63) is 97.1 Å².